The lowest BCUT2D eigenvalue weighted by molar-refractivity contribution is 0.0525. The monoisotopic (exact) mass is 334 g/mol. The molecule has 1 saturated heterocycles. The van der Waals surface area contributed by atoms with Crippen molar-refractivity contribution in [2.75, 3.05) is 49.9 Å². The van der Waals surface area contributed by atoms with Gasteiger partial charge in [-0.3, -0.25) is 4.90 Å². The molecule has 0 spiro atoms. The van der Waals surface area contributed by atoms with Gasteiger partial charge < -0.3 is 20.7 Å². The Morgan fingerprint density at radius 2 is 1.88 bits per heavy atom. The summed E-state index contributed by atoms with van der Waals surface area (Å²) in [4.78, 5) is 16.3. The van der Waals surface area contributed by atoms with E-state index in [2.05, 4.69) is 21.2 Å². The van der Waals surface area contributed by atoms with Crippen molar-refractivity contribution >= 4 is 17.5 Å². The second-order valence-electron chi connectivity index (χ2n) is 7.17. The van der Waals surface area contributed by atoms with E-state index in [1.165, 1.54) is 0 Å². The lowest BCUT2D eigenvalue weighted by Gasteiger charge is -2.36. The molecule has 24 heavy (non-hydrogen) atoms. The fourth-order valence-electron chi connectivity index (χ4n) is 2.80. The minimum absolute atomic E-state index is 0.341. The SMILES string of the molecule is CC(C)(C)OC(=O)NCCCN1CCN(c2ccccc2N)CC1. The van der Waals surface area contributed by atoms with E-state index in [0.29, 0.717) is 6.54 Å². The molecule has 6 heteroatoms. The topological polar surface area (TPSA) is 70.8 Å². The highest BCUT2D eigenvalue weighted by molar-refractivity contribution is 5.68. The molecule has 0 aliphatic carbocycles. The normalized spacial score (nSPS) is 16.0. The van der Waals surface area contributed by atoms with Crippen LogP contribution in [0.5, 0.6) is 0 Å². The van der Waals surface area contributed by atoms with Crippen molar-refractivity contribution in [1.29, 1.82) is 0 Å². The molecular formula is C18H30N4O2. The van der Waals surface area contributed by atoms with Crippen molar-refractivity contribution < 1.29 is 9.53 Å². The Kier molecular flexibility index (Phi) is 6.31. The number of anilines is 2. The van der Waals surface area contributed by atoms with E-state index in [-0.39, 0.29) is 6.09 Å². The maximum Gasteiger partial charge on any atom is 0.407 e. The van der Waals surface area contributed by atoms with Crippen molar-refractivity contribution in [2.45, 2.75) is 32.8 Å². The maximum absolute atomic E-state index is 11.6. The van der Waals surface area contributed by atoms with Crippen LogP contribution in [0.3, 0.4) is 0 Å². The molecule has 1 aromatic carbocycles. The molecule has 1 aliphatic heterocycles. The number of benzene rings is 1. The minimum atomic E-state index is -0.445. The van der Waals surface area contributed by atoms with Crippen LogP contribution in [-0.2, 0) is 4.74 Å². The Hall–Kier alpha value is -1.95. The molecule has 1 aromatic rings. The molecule has 0 unspecified atom stereocenters. The molecule has 1 heterocycles. The number of carbonyl (C=O) groups excluding carboxylic acids is 1. The summed E-state index contributed by atoms with van der Waals surface area (Å²) < 4.78 is 5.22. The van der Waals surface area contributed by atoms with Gasteiger partial charge in [0.25, 0.3) is 0 Å². The molecule has 0 aromatic heterocycles. The smallest absolute Gasteiger partial charge is 0.407 e. The van der Waals surface area contributed by atoms with Crippen molar-refractivity contribution in [2.24, 2.45) is 0 Å². The van der Waals surface area contributed by atoms with E-state index in [0.717, 1.165) is 50.5 Å². The summed E-state index contributed by atoms with van der Waals surface area (Å²) in [5.74, 6) is 0. The van der Waals surface area contributed by atoms with Gasteiger partial charge in [0, 0.05) is 32.7 Å². The highest BCUT2D eigenvalue weighted by atomic mass is 16.6. The minimum Gasteiger partial charge on any atom is -0.444 e. The first-order chi connectivity index (χ1) is 11.3. The van der Waals surface area contributed by atoms with Crippen molar-refractivity contribution in [1.82, 2.24) is 10.2 Å². The van der Waals surface area contributed by atoms with E-state index < -0.39 is 5.60 Å². The number of piperazine rings is 1. The van der Waals surface area contributed by atoms with Crippen LogP contribution < -0.4 is 16.0 Å². The Morgan fingerprint density at radius 3 is 2.50 bits per heavy atom. The molecule has 1 amide bonds. The Labute approximate surface area is 144 Å². The second-order valence-corrected chi connectivity index (χ2v) is 7.17. The summed E-state index contributed by atoms with van der Waals surface area (Å²) in [6, 6.07) is 8.02. The molecule has 1 fully saturated rings. The summed E-state index contributed by atoms with van der Waals surface area (Å²) in [5.41, 5.74) is 7.57. The van der Waals surface area contributed by atoms with Crippen LogP contribution in [0.4, 0.5) is 16.2 Å². The summed E-state index contributed by atoms with van der Waals surface area (Å²) in [7, 11) is 0. The highest BCUT2D eigenvalue weighted by Crippen LogP contribution is 2.23. The van der Waals surface area contributed by atoms with Crippen molar-refractivity contribution in [3.8, 4) is 0 Å². The summed E-state index contributed by atoms with van der Waals surface area (Å²) in [6.45, 7) is 11.2. The standard InChI is InChI=1S/C18H30N4O2/c1-18(2,3)24-17(23)20-9-6-10-21-11-13-22(14-12-21)16-8-5-4-7-15(16)19/h4-5,7-8H,6,9-14,19H2,1-3H3,(H,20,23). The zero-order chi connectivity index (χ0) is 17.6. The van der Waals surface area contributed by atoms with Crippen LogP contribution in [0.15, 0.2) is 24.3 Å². The Morgan fingerprint density at radius 1 is 1.21 bits per heavy atom. The number of para-hydroxylation sites is 2. The molecule has 2 rings (SSSR count). The first kappa shape index (κ1) is 18.4. The van der Waals surface area contributed by atoms with Gasteiger partial charge in [-0.15, -0.1) is 0 Å². The number of nitrogen functional groups attached to an aromatic ring is 1. The Balaban J connectivity index is 1.64. The van der Waals surface area contributed by atoms with Crippen LogP contribution in [0.1, 0.15) is 27.2 Å². The first-order valence-electron chi connectivity index (χ1n) is 8.64. The molecule has 0 atom stereocenters. The number of nitrogens with one attached hydrogen (secondary N) is 1. The molecule has 6 nitrogen and oxygen atoms in total. The summed E-state index contributed by atoms with van der Waals surface area (Å²) in [6.07, 6.45) is 0.582. The van der Waals surface area contributed by atoms with Gasteiger partial charge in [-0.1, -0.05) is 12.1 Å². The van der Waals surface area contributed by atoms with Gasteiger partial charge >= 0.3 is 6.09 Å². The third-order valence-corrected chi connectivity index (χ3v) is 3.97. The zero-order valence-corrected chi connectivity index (χ0v) is 15.0. The number of hydrogen-bond acceptors (Lipinski definition) is 5. The Bertz CT molecular complexity index is 534. The number of nitrogens with zero attached hydrogens (tertiary/aromatic N) is 2. The summed E-state index contributed by atoms with van der Waals surface area (Å²) in [5, 5.41) is 2.81. The molecule has 0 bridgehead atoms. The van der Waals surface area contributed by atoms with Crippen molar-refractivity contribution in [3.63, 3.8) is 0 Å². The molecule has 134 valence electrons. The van der Waals surface area contributed by atoms with Gasteiger partial charge in [-0.05, 0) is 45.9 Å². The average Bonchev–Trinajstić information content (AvgIpc) is 2.51. The van der Waals surface area contributed by atoms with Crippen LogP contribution in [0, 0.1) is 0 Å². The quantitative estimate of drug-likeness (QED) is 0.639. The first-order valence-corrected chi connectivity index (χ1v) is 8.64. The van der Waals surface area contributed by atoms with E-state index in [1.807, 2.05) is 39.0 Å². The number of amides is 1. The number of alkyl carbamates (subject to hydrolysis) is 1. The predicted octanol–water partition coefficient (Wildman–Crippen LogP) is 2.31. The van der Waals surface area contributed by atoms with Gasteiger partial charge in [0.15, 0.2) is 0 Å². The van der Waals surface area contributed by atoms with Crippen LogP contribution in [-0.4, -0.2) is 55.9 Å². The zero-order valence-electron chi connectivity index (χ0n) is 15.0. The predicted molar refractivity (Wildman–Crippen MR) is 98.4 cm³/mol. The van der Waals surface area contributed by atoms with Crippen LogP contribution in [0.25, 0.3) is 0 Å². The molecular weight excluding hydrogens is 304 g/mol. The number of nitrogens with two attached hydrogens (primary N) is 1. The largest absolute Gasteiger partial charge is 0.444 e. The van der Waals surface area contributed by atoms with Gasteiger partial charge in [0.05, 0.1) is 11.4 Å². The summed E-state index contributed by atoms with van der Waals surface area (Å²) >= 11 is 0. The van der Waals surface area contributed by atoms with Gasteiger partial charge in [-0.2, -0.15) is 0 Å². The number of ether oxygens (including phenoxy) is 1. The highest BCUT2D eigenvalue weighted by Gasteiger charge is 2.18. The van der Waals surface area contributed by atoms with Crippen LogP contribution >= 0.6 is 0 Å². The third-order valence-electron chi connectivity index (χ3n) is 3.97. The lowest BCUT2D eigenvalue weighted by atomic mass is 10.2. The fraction of sp³-hybridized carbons (Fsp3) is 0.611. The molecule has 0 radical (unpaired) electrons. The van der Waals surface area contributed by atoms with Gasteiger partial charge in [-0.25, -0.2) is 4.79 Å². The third kappa shape index (κ3) is 5.92. The number of hydrogen-bond donors (Lipinski definition) is 2. The molecule has 1 aliphatic rings. The van der Waals surface area contributed by atoms with Crippen LogP contribution in [0.2, 0.25) is 0 Å². The number of carbonyl (C=O) groups is 1. The fourth-order valence-corrected chi connectivity index (χ4v) is 2.80. The van der Waals surface area contributed by atoms with E-state index in [4.69, 9.17) is 10.5 Å². The number of rotatable bonds is 5. The van der Waals surface area contributed by atoms with Gasteiger partial charge in [0.2, 0.25) is 0 Å². The van der Waals surface area contributed by atoms with E-state index in [1.54, 1.807) is 0 Å². The average molecular weight is 334 g/mol. The van der Waals surface area contributed by atoms with Crippen molar-refractivity contribution in [3.05, 3.63) is 24.3 Å². The van der Waals surface area contributed by atoms with E-state index >= 15 is 0 Å². The maximum atomic E-state index is 11.6. The van der Waals surface area contributed by atoms with E-state index in [9.17, 15) is 4.79 Å². The second kappa shape index (κ2) is 8.24. The molecule has 3 N–H and O–H groups in total. The van der Waals surface area contributed by atoms with Gasteiger partial charge in [0.1, 0.15) is 5.60 Å². The lowest BCUT2D eigenvalue weighted by Crippen LogP contribution is -2.47. The molecule has 0 saturated carbocycles.